The second-order valence-corrected chi connectivity index (χ2v) is 8.40. The molecule has 2 fully saturated rings. The van der Waals surface area contributed by atoms with E-state index < -0.39 is 11.6 Å². The highest BCUT2D eigenvalue weighted by atomic mass is 19.1. The van der Waals surface area contributed by atoms with Crippen LogP contribution in [0.25, 0.3) is 0 Å². The average Bonchev–Trinajstić information content (AvgIpc) is 3.03. The van der Waals surface area contributed by atoms with E-state index in [-0.39, 0.29) is 24.3 Å². The van der Waals surface area contributed by atoms with Crippen LogP contribution in [0.5, 0.6) is 0 Å². The van der Waals surface area contributed by atoms with Crippen LogP contribution in [0, 0.1) is 35.3 Å². The number of amides is 1. The van der Waals surface area contributed by atoms with Gasteiger partial charge < -0.3 is 10.0 Å². The van der Waals surface area contributed by atoms with E-state index in [1.807, 2.05) is 18.7 Å². The molecule has 1 aromatic carbocycles. The molecule has 2 saturated heterocycles. The SMILES string of the molecule is CC(C)C(=O)N1CCC([C@@H]2CN(Cc3cc(F)cc(F)c3)C[C@H]2CO)CC1. The Morgan fingerprint density at radius 1 is 1.15 bits per heavy atom. The van der Waals surface area contributed by atoms with E-state index in [9.17, 15) is 18.7 Å². The van der Waals surface area contributed by atoms with Crippen molar-refractivity contribution in [2.45, 2.75) is 33.2 Å². The molecule has 0 aliphatic carbocycles. The molecule has 0 aromatic heterocycles. The summed E-state index contributed by atoms with van der Waals surface area (Å²) in [5.41, 5.74) is 0.627. The first-order valence-electron chi connectivity index (χ1n) is 9.94. The minimum atomic E-state index is -0.554. The van der Waals surface area contributed by atoms with E-state index in [2.05, 4.69) is 4.90 Å². The predicted molar refractivity (Wildman–Crippen MR) is 99.8 cm³/mol. The number of halogens is 2. The van der Waals surface area contributed by atoms with Gasteiger partial charge in [0.05, 0.1) is 0 Å². The van der Waals surface area contributed by atoms with Gasteiger partial charge in [-0.1, -0.05) is 13.8 Å². The lowest BCUT2D eigenvalue weighted by molar-refractivity contribution is -0.136. The van der Waals surface area contributed by atoms with Crippen molar-refractivity contribution in [2.75, 3.05) is 32.8 Å². The zero-order chi connectivity index (χ0) is 19.6. The zero-order valence-corrected chi connectivity index (χ0v) is 16.2. The Kier molecular flexibility index (Phi) is 6.48. The number of hydrogen-bond donors (Lipinski definition) is 1. The van der Waals surface area contributed by atoms with E-state index in [0.29, 0.717) is 23.9 Å². The molecule has 2 aliphatic rings. The lowest BCUT2D eigenvalue weighted by Crippen LogP contribution is -2.43. The molecule has 150 valence electrons. The Morgan fingerprint density at radius 3 is 2.33 bits per heavy atom. The van der Waals surface area contributed by atoms with Crippen LogP contribution in [0.2, 0.25) is 0 Å². The fraction of sp³-hybridized carbons (Fsp3) is 0.667. The van der Waals surface area contributed by atoms with Crippen molar-refractivity contribution in [1.82, 2.24) is 9.80 Å². The quantitative estimate of drug-likeness (QED) is 0.854. The molecular formula is C21H30F2N2O2. The third kappa shape index (κ3) is 4.85. The van der Waals surface area contributed by atoms with Gasteiger partial charge in [0.1, 0.15) is 11.6 Å². The number of rotatable bonds is 5. The third-order valence-electron chi connectivity index (χ3n) is 6.08. The Balaban J connectivity index is 1.59. The summed E-state index contributed by atoms with van der Waals surface area (Å²) in [6.07, 6.45) is 1.92. The summed E-state index contributed by atoms with van der Waals surface area (Å²) in [5, 5.41) is 9.84. The van der Waals surface area contributed by atoms with Gasteiger partial charge in [-0.3, -0.25) is 9.69 Å². The van der Waals surface area contributed by atoms with Crippen molar-refractivity contribution in [3.63, 3.8) is 0 Å². The van der Waals surface area contributed by atoms with E-state index in [0.717, 1.165) is 45.1 Å². The van der Waals surface area contributed by atoms with Gasteiger partial charge in [-0.2, -0.15) is 0 Å². The Morgan fingerprint density at radius 2 is 1.78 bits per heavy atom. The van der Waals surface area contributed by atoms with Crippen molar-refractivity contribution in [2.24, 2.45) is 23.7 Å². The first kappa shape index (κ1) is 20.2. The summed E-state index contributed by atoms with van der Waals surface area (Å²) in [5.74, 6) is 0.162. The summed E-state index contributed by atoms with van der Waals surface area (Å²) in [7, 11) is 0. The molecule has 2 heterocycles. The third-order valence-corrected chi connectivity index (χ3v) is 6.08. The summed E-state index contributed by atoms with van der Waals surface area (Å²) < 4.78 is 26.9. The number of benzene rings is 1. The van der Waals surface area contributed by atoms with E-state index in [4.69, 9.17) is 0 Å². The van der Waals surface area contributed by atoms with Crippen molar-refractivity contribution < 1.29 is 18.7 Å². The minimum Gasteiger partial charge on any atom is -0.396 e. The van der Waals surface area contributed by atoms with Crippen molar-refractivity contribution in [3.8, 4) is 0 Å². The maximum absolute atomic E-state index is 13.4. The average molecular weight is 380 g/mol. The number of aliphatic hydroxyl groups excluding tert-OH is 1. The first-order valence-corrected chi connectivity index (χ1v) is 9.94. The monoisotopic (exact) mass is 380 g/mol. The highest BCUT2D eigenvalue weighted by Gasteiger charge is 2.39. The van der Waals surface area contributed by atoms with Crippen LogP contribution in [-0.4, -0.2) is 53.6 Å². The molecule has 27 heavy (non-hydrogen) atoms. The van der Waals surface area contributed by atoms with Crippen molar-refractivity contribution in [1.29, 1.82) is 0 Å². The van der Waals surface area contributed by atoms with Crippen molar-refractivity contribution in [3.05, 3.63) is 35.4 Å². The lowest BCUT2D eigenvalue weighted by atomic mass is 9.78. The van der Waals surface area contributed by atoms with Crippen LogP contribution in [0.4, 0.5) is 8.78 Å². The number of nitrogens with zero attached hydrogens (tertiary/aromatic N) is 2. The Bertz CT molecular complexity index is 639. The van der Waals surface area contributed by atoms with Crippen molar-refractivity contribution >= 4 is 5.91 Å². The molecule has 3 rings (SSSR count). The van der Waals surface area contributed by atoms with Crippen LogP contribution < -0.4 is 0 Å². The maximum Gasteiger partial charge on any atom is 0.225 e. The summed E-state index contributed by atoms with van der Waals surface area (Å²) in [4.78, 5) is 16.3. The lowest BCUT2D eigenvalue weighted by Gasteiger charge is -2.37. The van der Waals surface area contributed by atoms with Gasteiger partial charge in [0.2, 0.25) is 5.91 Å². The molecule has 0 bridgehead atoms. The number of hydrogen-bond acceptors (Lipinski definition) is 3. The topological polar surface area (TPSA) is 43.8 Å². The second-order valence-electron chi connectivity index (χ2n) is 8.40. The zero-order valence-electron chi connectivity index (χ0n) is 16.2. The van der Waals surface area contributed by atoms with Gasteiger partial charge in [0.15, 0.2) is 0 Å². The molecule has 1 aromatic rings. The van der Waals surface area contributed by atoms with Gasteiger partial charge >= 0.3 is 0 Å². The molecule has 2 aliphatic heterocycles. The minimum absolute atomic E-state index is 0.0281. The molecule has 4 nitrogen and oxygen atoms in total. The molecule has 0 spiro atoms. The summed E-state index contributed by atoms with van der Waals surface area (Å²) >= 11 is 0. The van der Waals surface area contributed by atoms with Gasteiger partial charge in [-0.15, -0.1) is 0 Å². The molecule has 0 unspecified atom stereocenters. The molecular weight excluding hydrogens is 350 g/mol. The number of aliphatic hydroxyl groups is 1. The highest BCUT2D eigenvalue weighted by Crippen LogP contribution is 2.36. The standard InChI is InChI=1S/C21H30F2N2O2/c1-14(2)21(27)25-5-3-16(4-6-25)20-12-24(11-17(20)13-26)10-15-7-18(22)9-19(23)8-15/h7-9,14,16-17,20,26H,3-6,10-13H2,1-2H3/t17-,20-/m0/s1. The normalized spacial score (nSPS) is 24.7. The van der Waals surface area contributed by atoms with Crippen LogP contribution >= 0.6 is 0 Å². The number of likely N-dealkylation sites (tertiary alicyclic amines) is 2. The van der Waals surface area contributed by atoms with Crippen LogP contribution in [-0.2, 0) is 11.3 Å². The summed E-state index contributed by atoms with van der Waals surface area (Å²) in [6, 6.07) is 3.64. The smallest absolute Gasteiger partial charge is 0.225 e. The van der Waals surface area contributed by atoms with E-state index in [1.165, 1.54) is 12.1 Å². The molecule has 1 N–H and O–H groups in total. The molecule has 2 atom stereocenters. The molecule has 0 radical (unpaired) electrons. The van der Waals surface area contributed by atoms with Gasteiger partial charge in [-0.25, -0.2) is 8.78 Å². The predicted octanol–water partition coefficient (Wildman–Crippen LogP) is 2.90. The molecule has 6 heteroatoms. The van der Waals surface area contributed by atoms with E-state index >= 15 is 0 Å². The highest BCUT2D eigenvalue weighted by molar-refractivity contribution is 5.78. The summed E-state index contributed by atoms with van der Waals surface area (Å²) in [6.45, 7) is 7.62. The van der Waals surface area contributed by atoms with Crippen LogP contribution in [0.15, 0.2) is 18.2 Å². The van der Waals surface area contributed by atoms with E-state index in [1.54, 1.807) is 0 Å². The van der Waals surface area contributed by atoms with Gasteiger partial charge in [-0.05, 0) is 48.3 Å². The van der Waals surface area contributed by atoms with Gasteiger partial charge in [0.25, 0.3) is 0 Å². The number of carbonyl (C=O) groups is 1. The van der Waals surface area contributed by atoms with Gasteiger partial charge in [0, 0.05) is 51.3 Å². The second kappa shape index (κ2) is 8.65. The van der Waals surface area contributed by atoms with Crippen LogP contribution in [0.1, 0.15) is 32.3 Å². The maximum atomic E-state index is 13.4. The number of piperidine rings is 1. The first-order chi connectivity index (χ1) is 12.9. The fourth-order valence-electron chi connectivity index (χ4n) is 4.72. The largest absolute Gasteiger partial charge is 0.396 e. The Labute approximate surface area is 160 Å². The molecule has 0 saturated carbocycles. The fourth-order valence-corrected chi connectivity index (χ4v) is 4.72. The Hall–Kier alpha value is -1.53. The number of carbonyl (C=O) groups excluding carboxylic acids is 1. The van der Waals surface area contributed by atoms with Crippen LogP contribution in [0.3, 0.4) is 0 Å². The molecule has 1 amide bonds.